The third-order valence-corrected chi connectivity index (χ3v) is 3.47. The molecule has 0 unspecified atom stereocenters. The molecule has 0 aliphatic heterocycles. The van der Waals surface area contributed by atoms with E-state index in [1.165, 1.54) is 0 Å². The van der Waals surface area contributed by atoms with Gasteiger partial charge in [0.25, 0.3) is 0 Å². The Morgan fingerprint density at radius 3 is 2.70 bits per heavy atom. The highest BCUT2D eigenvalue weighted by Gasteiger charge is 2.08. The zero-order valence-electron chi connectivity index (χ0n) is 11.6. The van der Waals surface area contributed by atoms with Crippen LogP contribution in [0.3, 0.4) is 0 Å². The number of halogens is 1. The Kier molecular flexibility index (Phi) is 4.88. The molecule has 0 aliphatic rings. The van der Waals surface area contributed by atoms with Crippen LogP contribution in [0.5, 0.6) is 11.5 Å². The number of ether oxygens (including phenoxy) is 1. The molecule has 0 aliphatic carbocycles. The molecule has 0 amide bonds. The number of hydrogen-bond acceptors (Lipinski definition) is 3. The molecule has 0 bridgehead atoms. The van der Waals surface area contributed by atoms with E-state index in [2.05, 4.69) is 12.2 Å². The van der Waals surface area contributed by atoms with Crippen molar-refractivity contribution in [2.75, 3.05) is 7.11 Å². The molecular weight excluding hydrogens is 274 g/mol. The van der Waals surface area contributed by atoms with Crippen molar-refractivity contribution in [3.63, 3.8) is 0 Å². The Morgan fingerprint density at radius 2 is 2.05 bits per heavy atom. The van der Waals surface area contributed by atoms with Crippen LogP contribution in [-0.4, -0.2) is 12.2 Å². The van der Waals surface area contributed by atoms with Crippen LogP contribution in [0, 0.1) is 0 Å². The summed E-state index contributed by atoms with van der Waals surface area (Å²) >= 11 is 5.98. The van der Waals surface area contributed by atoms with Gasteiger partial charge in [-0.3, -0.25) is 0 Å². The Hall–Kier alpha value is -1.71. The van der Waals surface area contributed by atoms with Crippen molar-refractivity contribution < 1.29 is 9.84 Å². The molecule has 0 saturated carbocycles. The lowest BCUT2D eigenvalue weighted by Gasteiger charge is -2.15. The Bertz CT molecular complexity index is 586. The molecule has 0 spiro atoms. The quantitative estimate of drug-likeness (QED) is 0.878. The predicted octanol–water partition coefficient (Wildman–Crippen LogP) is 3.91. The third-order valence-electron chi connectivity index (χ3n) is 3.24. The molecule has 2 aromatic rings. The zero-order chi connectivity index (χ0) is 14.5. The maximum atomic E-state index is 9.91. The van der Waals surface area contributed by atoms with Crippen LogP contribution in [0.15, 0.2) is 42.5 Å². The smallest absolute Gasteiger partial charge is 0.123 e. The molecule has 1 atom stereocenters. The molecule has 106 valence electrons. The van der Waals surface area contributed by atoms with Crippen LogP contribution in [0.1, 0.15) is 24.1 Å². The van der Waals surface area contributed by atoms with E-state index in [0.29, 0.717) is 12.3 Å². The minimum Gasteiger partial charge on any atom is -0.507 e. The Morgan fingerprint density at radius 1 is 1.25 bits per heavy atom. The summed E-state index contributed by atoms with van der Waals surface area (Å²) in [5.74, 6) is 0.879. The Balaban J connectivity index is 2.01. The second kappa shape index (κ2) is 6.64. The second-order valence-electron chi connectivity index (χ2n) is 4.65. The van der Waals surface area contributed by atoms with Crippen LogP contribution in [0.4, 0.5) is 0 Å². The highest BCUT2D eigenvalue weighted by Crippen LogP contribution is 2.24. The summed E-state index contributed by atoms with van der Waals surface area (Å²) in [4.78, 5) is 0. The van der Waals surface area contributed by atoms with E-state index in [0.717, 1.165) is 16.1 Å². The molecule has 0 radical (unpaired) electrons. The standard InChI is InChI=1S/C16H18ClNO2/c1-11(12-4-3-5-14(17)8-12)18-10-13-6-7-15(20-2)9-16(13)19/h3-9,11,18-19H,10H2,1-2H3/t11-/m1/s1. The van der Waals surface area contributed by atoms with Gasteiger partial charge in [0.1, 0.15) is 11.5 Å². The molecule has 20 heavy (non-hydrogen) atoms. The molecule has 2 rings (SSSR count). The van der Waals surface area contributed by atoms with E-state index >= 15 is 0 Å². The van der Waals surface area contributed by atoms with Gasteiger partial charge < -0.3 is 15.2 Å². The van der Waals surface area contributed by atoms with Crippen molar-refractivity contribution in [3.05, 3.63) is 58.6 Å². The minimum atomic E-state index is 0.148. The molecule has 0 aromatic heterocycles. The number of aromatic hydroxyl groups is 1. The Labute approximate surface area is 124 Å². The summed E-state index contributed by atoms with van der Waals surface area (Å²) < 4.78 is 5.06. The van der Waals surface area contributed by atoms with E-state index in [9.17, 15) is 5.11 Å². The lowest BCUT2D eigenvalue weighted by atomic mass is 10.1. The van der Waals surface area contributed by atoms with Gasteiger partial charge in [0, 0.05) is 29.2 Å². The van der Waals surface area contributed by atoms with Gasteiger partial charge in [0.2, 0.25) is 0 Å². The molecule has 2 aromatic carbocycles. The number of methoxy groups -OCH3 is 1. The highest BCUT2D eigenvalue weighted by molar-refractivity contribution is 6.30. The summed E-state index contributed by atoms with van der Waals surface area (Å²) in [6.45, 7) is 2.63. The van der Waals surface area contributed by atoms with Crippen molar-refractivity contribution in [2.24, 2.45) is 0 Å². The molecule has 0 saturated heterocycles. The average Bonchev–Trinajstić information content (AvgIpc) is 2.45. The maximum Gasteiger partial charge on any atom is 0.123 e. The van der Waals surface area contributed by atoms with Crippen molar-refractivity contribution in [3.8, 4) is 11.5 Å². The van der Waals surface area contributed by atoms with Gasteiger partial charge in [0.15, 0.2) is 0 Å². The van der Waals surface area contributed by atoms with Crippen LogP contribution >= 0.6 is 11.6 Å². The first kappa shape index (κ1) is 14.7. The normalized spacial score (nSPS) is 12.2. The molecule has 0 heterocycles. The molecule has 2 N–H and O–H groups in total. The van der Waals surface area contributed by atoms with Gasteiger partial charge >= 0.3 is 0 Å². The molecule has 0 fully saturated rings. The van der Waals surface area contributed by atoms with Crippen LogP contribution < -0.4 is 10.1 Å². The number of nitrogens with one attached hydrogen (secondary N) is 1. The monoisotopic (exact) mass is 291 g/mol. The van der Waals surface area contributed by atoms with Crippen LogP contribution in [-0.2, 0) is 6.54 Å². The number of phenols is 1. The van der Waals surface area contributed by atoms with Gasteiger partial charge in [0.05, 0.1) is 7.11 Å². The van der Waals surface area contributed by atoms with E-state index < -0.39 is 0 Å². The number of phenolic OH excluding ortho intramolecular Hbond substituents is 1. The second-order valence-corrected chi connectivity index (χ2v) is 5.09. The summed E-state index contributed by atoms with van der Waals surface area (Å²) in [5, 5.41) is 14.0. The van der Waals surface area contributed by atoms with E-state index in [1.807, 2.05) is 36.4 Å². The first-order valence-corrected chi connectivity index (χ1v) is 6.82. The van der Waals surface area contributed by atoms with E-state index in [-0.39, 0.29) is 11.8 Å². The molecular formula is C16H18ClNO2. The lowest BCUT2D eigenvalue weighted by Crippen LogP contribution is -2.18. The van der Waals surface area contributed by atoms with Crippen molar-refractivity contribution >= 4 is 11.6 Å². The van der Waals surface area contributed by atoms with Crippen molar-refractivity contribution in [2.45, 2.75) is 19.5 Å². The van der Waals surface area contributed by atoms with Crippen LogP contribution in [0.25, 0.3) is 0 Å². The van der Waals surface area contributed by atoms with E-state index in [4.69, 9.17) is 16.3 Å². The number of rotatable bonds is 5. The van der Waals surface area contributed by atoms with Gasteiger partial charge in [-0.15, -0.1) is 0 Å². The highest BCUT2D eigenvalue weighted by atomic mass is 35.5. The van der Waals surface area contributed by atoms with Gasteiger partial charge in [-0.25, -0.2) is 0 Å². The van der Waals surface area contributed by atoms with Crippen molar-refractivity contribution in [1.82, 2.24) is 5.32 Å². The summed E-state index contributed by atoms with van der Waals surface area (Å²) in [6.07, 6.45) is 0. The topological polar surface area (TPSA) is 41.5 Å². The molecule has 4 heteroatoms. The predicted molar refractivity (Wildman–Crippen MR) is 81.4 cm³/mol. The fraction of sp³-hybridized carbons (Fsp3) is 0.250. The summed E-state index contributed by atoms with van der Waals surface area (Å²) in [7, 11) is 1.58. The maximum absolute atomic E-state index is 9.91. The van der Waals surface area contributed by atoms with Gasteiger partial charge in [-0.05, 0) is 30.7 Å². The largest absolute Gasteiger partial charge is 0.507 e. The van der Waals surface area contributed by atoms with Crippen molar-refractivity contribution in [1.29, 1.82) is 0 Å². The summed E-state index contributed by atoms with van der Waals surface area (Å²) in [6, 6.07) is 13.2. The third kappa shape index (κ3) is 3.65. The van der Waals surface area contributed by atoms with E-state index in [1.54, 1.807) is 13.2 Å². The lowest BCUT2D eigenvalue weighted by molar-refractivity contribution is 0.405. The minimum absolute atomic E-state index is 0.148. The van der Waals surface area contributed by atoms with Crippen LogP contribution in [0.2, 0.25) is 5.02 Å². The first-order valence-electron chi connectivity index (χ1n) is 6.45. The number of hydrogen-bond donors (Lipinski definition) is 2. The average molecular weight is 292 g/mol. The number of benzene rings is 2. The van der Waals surface area contributed by atoms with Gasteiger partial charge in [-0.2, -0.15) is 0 Å². The molecule has 3 nitrogen and oxygen atoms in total. The van der Waals surface area contributed by atoms with Gasteiger partial charge in [-0.1, -0.05) is 29.8 Å². The summed E-state index contributed by atoms with van der Waals surface area (Å²) in [5.41, 5.74) is 1.95. The first-order chi connectivity index (χ1) is 9.60. The SMILES string of the molecule is COc1ccc(CN[C@H](C)c2cccc(Cl)c2)c(O)c1. The zero-order valence-corrected chi connectivity index (χ0v) is 12.3. The fourth-order valence-corrected chi connectivity index (χ4v) is 2.18. The fourth-order valence-electron chi connectivity index (χ4n) is 1.98.